The zero-order chi connectivity index (χ0) is 20.9. The van der Waals surface area contributed by atoms with Crippen LogP contribution in [0.15, 0.2) is 53.1 Å². The third-order valence-corrected chi connectivity index (χ3v) is 5.33. The number of carbonyl (C=O) groups is 1. The van der Waals surface area contributed by atoms with Crippen LogP contribution in [0.5, 0.6) is 11.5 Å². The predicted molar refractivity (Wildman–Crippen MR) is 106 cm³/mol. The number of carboxylic acids is 1. The molecule has 2 N–H and O–H groups in total. The van der Waals surface area contributed by atoms with Gasteiger partial charge in [0, 0.05) is 11.8 Å². The molecule has 0 radical (unpaired) electrons. The monoisotopic (exact) mass is 403 g/mol. The van der Waals surface area contributed by atoms with Crippen molar-refractivity contribution in [3.8, 4) is 11.5 Å². The van der Waals surface area contributed by atoms with E-state index in [-0.39, 0.29) is 21.9 Å². The van der Waals surface area contributed by atoms with Crippen LogP contribution in [0.3, 0.4) is 0 Å². The average Bonchev–Trinajstić information content (AvgIpc) is 2.68. The summed E-state index contributed by atoms with van der Waals surface area (Å²) in [4.78, 5) is 11.1. The van der Waals surface area contributed by atoms with Crippen LogP contribution in [0.25, 0.3) is 12.7 Å². The number of nitrogens with one attached hydrogen (secondary N) is 1. The summed E-state index contributed by atoms with van der Waals surface area (Å²) >= 11 is 0. The third kappa shape index (κ3) is 4.72. The molecule has 28 heavy (non-hydrogen) atoms. The Morgan fingerprint density at radius 3 is 2.43 bits per heavy atom. The minimum Gasteiger partial charge on any atom is -0.497 e. The number of methoxy groups -OCH3 is 2. The molecule has 0 spiro atoms. The fourth-order valence-electron chi connectivity index (χ4n) is 2.41. The van der Waals surface area contributed by atoms with E-state index >= 15 is 0 Å². The van der Waals surface area contributed by atoms with Crippen LogP contribution >= 0.6 is 0 Å². The molecule has 148 valence electrons. The number of hydrogen-bond donors (Lipinski definition) is 2. The van der Waals surface area contributed by atoms with Crippen LogP contribution in [0.4, 0.5) is 0 Å². The van der Waals surface area contributed by atoms with E-state index in [1.807, 2.05) is 0 Å². The van der Waals surface area contributed by atoms with Crippen LogP contribution in [0.1, 0.15) is 17.3 Å². The maximum Gasteiger partial charge on any atom is 0.335 e. The second kappa shape index (κ2) is 8.62. The maximum atomic E-state index is 12.9. The Morgan fingerprint density at radius 1 is 1.14 bits per heavy atom. The van der Waals surface area contributed by atoms with E-state index in [0.29, 0.717) is 16.2 Å². The zero-order valence-electron chi connectivity index (χ0n) is 15.7. The highest BCUT2D eigenvalue weighted by Crippen LogP contribution is 2.28. The number of aromatic carboxylic acids is 1. The topological polar surface area (TPSA) is 102 Å². The van der Waals surface area contributed by atoms with Gasteiger partial charge in [-0.3, -0.25) is 4.72 Å². The van der Waals surface area contributed by atoms with Gasteiger partial charge in [-0.25, -0.2) is 13.2 Å². The predicted octanol–water partition coefficient (Wildman–Crippen LogP) is 1.48. The molecule has 0 aromatic heterocycles. The van der Waals surface area contributed by atoms with Crippen molar-refractivity contribution in [2.75, 3.05) is 14.2 Å². The molecule has 0 atom stereocenters. The molecule has 0 aliphatic rings. The summed E-state index contributed by atoms with van der Waals surface area (Å²) < 4.78 is 38.5. The van der Waals surface area contributed by atoms with E-state index in [9.17, 15) is 13.2 Å². The normalized spacial score (nSPS) is 12.5. The van der Waals surface area contributed by atoms with Gasteiger partial charge >= 0.3 is 5.97 Å². The maximum absolute atomic E-state index is 12.9. The number of benzene rings is 2. The van der Waals surface area contributed by atoms with Crippen LogP contribution < -0.4 is 24.6 Å². The quantitative estimate of drug-likeness (QED) is 0.726. The highest BCUT2D eigenvalue weighted by molar-refractivity contribution is 7.89. The van der Waals surface area contributed by atoms with E-state index in [4.69, 9.17) is 14.6 Å². The molecule has 0 amide bonds. The van der Waals surface area contributed by atoms with Crippen molar-refractivity contribution >= 4 is 28.6 Å². The Balaban J connectivity index is 2.50. The molecule has 2 rings (SSSR count). The Kier molecular flexibility index (Phi) is 6.48. The number of allylic oxidation sites excluding steroid dienone is 2. The van der Waals surface area contributed by atoms with Gasteiger partial charge in [0.2, 0.25) is 0 Å². The summed E-state index contributed by atoms with van der Waals surface area (Å²) in [6, 6.07) is 8.86. The van der Waals surface area contributed by atoms with E-state index in [2.05, 4.69) is 11.3 Å². The van der Waals surface area contributed by atoms with Gasteiger partial charge in [-0.2, -0.15) is 0 Å². The Hall–Kier alpha value is -3.26. The summed E-state index contributed by atoms with van der Waals surface area (Å²) in [5.74, 6) is -0.561. The molecule has 0 aliphatic heterocycles. The van der Waals surface area contributed by atoms with Crippen molar-refractivity contribution < 1.29 is 27.8 Å². The van der Waals surface area contributed by atoms with Crippen molar-refractivity contribution in [1.29, 1.82) is 0 Å². The molecule has 0 fully saturated rings. The molecule has 0 unspecified atom stereocenters. The molecule has 0 bridgehead atoms. The SMILES string of the molecule is C=c1ccc(C(=O)O)c/c1=C/C(=C\C)NS(=O)(=O)c1cc(OC)ccc1OC. The zero-order valence-corrected chi connectivity index (χ0v) is 16.5. The van der Waals surface area contributed by atoms with Crippen molar-refractivity contribution in [3.05, 3.63) is 64.2 Å². The van der Waals surface area contributed by atoms with Gasteiger partial charge in [-0.1, -0.05) is 18.7 Å². The van der Waals surface area contributed by atoms with E-state index < -0.39 is 16.0 Å². The molecule has 2 aromatic rings. The molecule has 7 nitrogen and oxygen atoms in total. The molecule has 0 aliphatic carbocycles. The minimum absolute atomic E-state index is 0.0754. The van der Waals surface area contributed by atoms with Crippen LogP contribution in [-0.2, 0) is 10.0 Å². The first-order valence-electron chi connectivity index (χ1n) is 8.17. The first kappa shape index (κ1) is 21.0. The Labute approximate surface area is 163 Å². The summed E-state index contributed by atoms with van der Waals surface area (Å²) in [6.45, 7) is 5.50. The van der Waals surface area contributed by atoms with Gasteiger partial charge in [0.1, 0.15) is 16.4 Å². The van der Waals surface area contributed by atoms with Crippen molar-refractivity contribution in [3.63, 3.8) is 0 Å². The summed E-state index contributed by atoms with van der Waals surface area (Å²) in [5.41, 5.74) is 0.323. The van der Waals surface area contributed by atoms with Crippen molar-refractivity contribution in [2.24, 2.45) is 0 Å². The summed E-state index contributed by atoms with van der Waals surface area (Å²) in [7, 11) is -1.19. The number of hydrogen-bond acceptors (Lipinski definition) is 5. The average molecular weight is 403 g/mol. The summed E-state index contributed by atoms with van der Waals surface area (Å²) in [6.07, 6.45) is 3.07. The van der Waals surface area contributed by atoms with E-state index in [1.54, 1.807) is 25.1 Å². The number of carboxylic acid groups (broad SMARTS) is 1. The lowest BCUT2D eigenvalue weighted by atomic mass is 10.1. The second-order valence-electron chi connectivity index (χ2n) is 5.73. The second-order valence-corrected chi connectivity index (χ2v) is 7.38. The largest absolute Gasteiger partial charge is 0.497 e. The lowest BCUT2D eigenvalue weighted by molar-refractivity contribution is 0.0696. The van der Waals surface area contributed by atoms with Gasteiger partial charge in [0.15, 0.2) is 0 Å². The lowest BCUT2D eigenvalue weighted by Gasteiger charge is -2.13. The molecular formula is C20H21NO6S. The van der Waals surface area contributed by atoms with E-state index in [0.717, 1.165) is 0 Å². The number of rotatable bonds is 7. The third-order valence-electron chi connectivity index (χ3n) is 3.93. The number of sulfonamides is 1. The van der Waals surface area contributed by atoms with Gasteiger partial charge in [-0.05, 0) is 47.7 Å². The van der Waals surface area contributed by atoms with Gasteiger partial charge < -0.3 is 14.6 Å². The van der Waals surface area contributed by atoms with E-state index in [1.165, 1.54) is 44.6 Å². The first-order valence-corrected chi connectivity index (χ1v) is 9.65. The molecular weight excluding hydrogens is 382 g/mol. The molecule has 0 heterocycles. The Bertz CT molecular complexity index is 1140. The van der Waals surface area contributed by atoms with Gasteiger partial charge in [-0.15, -0.1) is 0 Å². The van der Waals surface area contributed by atoms with Gasteiger partial charge in [0.25, 0.3) is 10.0 Å². The van der Waals surface area contributed by atoms with Crippen molar-refractivity contribution in [2.45, 2.75) is 11.8 Å². The van der Waals surface area contributed by atoms with Crippen LogP contribution in [0.2, 0.25) is 0 Å². The smallest absolute Gasteiger partial charge is 0.335 e. The van der Waals surface area contributed by atoms with Gasteiger partial charge in [0.05, 0.1) is 19.8 Å². The number of ether oxygens (including phenoxy) is 2. The van der Waals surface area contributed by atoms with Crippen LogP contribution in [-0.4, -0.2) is 33.7 Å². The fraction of sp³-hybridized carbons (Fsp3) is 0.150. The summed E-state index contributed by atoms with van der Waals surface area (Å²) in [5, 5.41) is 10.2. The molecule has 0 saturated heterocycles. The van der Waals surface area contributed by atoms with Crippen LogP contribution in [0, 0.1) is 0 Å². The standard InChI is InChI=1S/C20H21NO6S/c1-5-16(11-15-10-14(20(22)23)7-6-13(15)2)21-28(24,25)19-12-17(26-3)8-9-18(19)27-4/h5-12,21H,2H2,1,3-4H3,(H,22,23)/b15-11-,16-5+. The van der Waals surface area contributed by atoms with Crippen molar-refractivity contribution in [1.82, 2.24) is 4.72 Å². The highest BCUT2D eigenvalue weighted by atomic mass is 32.2. The minimum atomic E-state index is -4.00. The Morgan fingerprint density at radius 2 is 1.86 bits per heavy atom. The molecule has 8 heteroatoms. The molecule has 0 saturated carbocycles. The lowest BCUT2D eigenvalue weighted by Crippen LogP contribution is -2.28. The highest BCUT2D eigenvalue weighted by Gasteiger charge is 2.21. The fourth-order valence-corrected chi connectivity index (χ4v) is 3.69. The molecule has 2 aromatic carbocycles. The first-order chi connectivity index (χ1) is 13.2.